The summed E-state index contributed by atoms with van der Waals surface area (Å²) < 4.78 is 1.50. The number of benzene rings is 1. The Morgan fingerprint density at radius 1 is 1.14 bits per heavy atom. The molecule has 0 bridgehead atoms. The van der Waals surface area contributed by atoms with Gasteiger partial charge in [-0.15, -0.1) is 11.8 Å². The van der Waals surface area contributed by atoms with Crippen LogP contribution in [0.15, 0.2) is 47.9 Å². The van der Waals surface area contributed by atoms with E-state index in [-0.39, 0.29) is 19.4 Å². The van der Waals surface area contributed by atoms with Gasteiger partial charge in [0.25, 0.3) is 11.9 Å². The van der Waals surface area contributed by atoms with Crippen LogP contribution in [0.5, 0.6) is 0 Å². The van der Waals surface area contributed by atoms with Crippen LogP contribution in [0.3, 0.4) is 0 Å². The van der Waals surface area contributed by atoms with Crippen molar-refractivity contribution in [2.24, 2.45) is 0 Å². The molecule has 1 N–H and O–H groups in total. The van der Waals surface area contributed by atoms with Gasteiger partial charge in [0.2, 0.25) is 0 Å². The Morgan fingerprint density at radius 2 is 1.86 bits per heavy atom. The van der Waals surface area contributed by atoms with E-state index in [0.29, 0.717) is 27.6 Å². The maximum absolute atomic E-state index is 12.7. The highest BCUT2D eigenvalue weighted by Gasteiger charge is 2.19. The van der Waals surface area contributed by atoms with Crippen LogP contribution in [0.25, 0.3) is 5.95 Å². The Morgan fingerprint density at radius 3 is 2.54 bits per heavy atom. The molecule has 0 saturated carbocycles. The lowest BCUT2D eigenvalue weighted by Gasteiger charge is -2.15. The zero-order valence-electron chi connectivity index (χ0n) is 15.6. The molecule has 0 spiro atoms. The Hall–Kier alpha value is -2.10. The number of hydrogen-bond acceptors (Lipinski definition) is 6. The number of hydrogen-bond donors (Lipinski definition) is 1. The highest BCUT2D eigenvalue weighted by molar-refractivity contribution is 7.99. The van der Waals surface area contributed by atoms with Crippen molar-refractivity contribution in [3.05, 3.63) is 59.4 Å². The smallest absolute Gasteiger partial charge is 0.252 e. The average Bonchev–Trinajstić information content (AvgIpc) is 3.11. The van der Waals surface area contributed by atoms with Gasteiger partial charge in [0.05, 0.1) is 6.04 Å². The molecule has 2 heterocycles. The van der Waals surface area contributed by atoms with Crippen LogP contribution < -0.4 is 5.32 Å². The average molecular weight is 437 g/mol. The molecule has 0 saturated heterocycles. The van der Waals surface area contributed by atoms with E-state index in [4.69, 9.17) is 11.6 Å². The van der Waals surface area contributed by atoms with E-state index >= 15 is 0 Å². The number of thioether (sulfide) groups is 1. The van der Waals surface area contributed by atoms with Gasteiger partial charge in [-0.05, 0) is 31.2 Å². The van der Waals surface area contributed by atoms with Crippen molar-refractivity contribution in [2.75, 3.05) is 0 Å². The fourth-order valence-electron chi connectivity index (χ4n) is 2.48. The quantitative estimate of drug-likeness (QED) is 0.591. The third-order valence-electron chi connectivity index (χ3n) is 3.56. The summed E-state index contributed by atoms with van der Waals surface area (Å²) in [4.78, 5) is 26.3. The molecule has 0 aliphatic carbocycles. The van der Waals surface area contributed by atoms with E-state index in [1.807, 2.05) is 19.1 Å². The Kier molecular flexibility index (Phi) is 7.85. The lowest BCUT2D eigenvalue weighted by Crippen LogP contribution is -2.29. The molecule has 3 aromatic rings. The van der Waals surface area contributed by atoms with Gasteiger partial charge < -0.3 is 5.32 Å². The molecular weight excluding hydrogens is 416 g/mol. The van der Waals surface area contributed by atoms with Gasteiger partial charge in [-0.2, -0.15) is 23.3 Å². The summed E-state index contributed by atoms with van der Waals surface area (Å²) in [6.45, 7) is 6.01. The van der Waals surface area contributed by atoms with Crippen LogP contribution in [-0.2, 0) is 0 Å². The number of rotatable bonds is 6. The number of carbonyl (C=O) groups is 1. The number of nitrogens with zero attached hydrogens (tertiary/aromatic N) is 5. The highest BCUT2D eigenvalue weighted by Crippen LogP contribution is 2.27. The summed E-state index contributed by atoms with van der Waals surface area (Å²) >= 11 is 7.84. The zero-order chi connectivity index (χ0) is 19.4. The first kappa shape index (κ1) is 22.2. The Labute approximate surface area is 179 Å². The topological polar surface area (TPSA) is 85.6 Å². The second-order valence-corrected chi connectivity index (χ2v) is 8.20. The third-order valence-corrected chi connectivity index (χ3v) is 4.75. The number of carbonyl (C=O) groups excluding carboxylic acids is 1. The number of amides is 1. The van der Waals surface area contributed by atoms with E-state index in [9.17, 15) is 4.79 Å². The summed E-state index contributed by atoms with van der Waals surface area (Å²) in [7, 11) is 0. The van der Waals surface area contributed by atoms with Gasteiger partial charge in [0.1, 0.15) is 6.33 Å². The van der Waals surface area contributed by atoms with Crippen LogP contribution >= 0.6 is 36.9 Å². The molecule has 28 heavy (non-hydrogen) atoms. The van der Waals surface area contributed by atoms with Crippen molar-refractivity contribution in [1.29, 1.82) is 0 Å². The molecule has 1 aromatic carbocycles. The molecule has 3 rings (SSSR count). The first-order valence-electron chi connectivity index (χ1n) is 8.39. The predicted octanol–water partition coefficient (Wildman–Crippen LogP) is 3.82. The van der Waals surface area contributed by atoms with Gasteiger partial charge in [0.15, 0.2) is 5.82 Å². The van der Waals surface area contributed by atoms with Crippen LogP contribution in [0.2, 0.25) is 5.02 Å². The lowest BCUT2D eigenvalue weighted by molar-refractivity contribution is 0.0937. The molecule has 0 aliphatic heterocycles. The number of halogens is 1. The molecule has 0 radical (unpaired) electrons. The van der Waals surface area contributed by atoms with E-state index in [2.05, 4.69) is 39.2 Å². The van der Waals surface area contributed by atoms with Gasteiger partial charge in [0, 0.05) is 33.1 Å². The summed E-state index contributed by atoms with van der Waals surface area (Å²) in [6, 6.07) is 6.67. The van der Waals surface area contributed by atoms with E-state index < -0.39 is 6.04 Å². The molecule has 1 amide bonds. The molecule has 2 aromatic heterocycles. The van der Waals surface area contributed by atoms with Crippen molar-refractivity contribution in [3.63, 3.8) is 0 Å². The summed E-state index contributed by atoms with van der Waals surface area (Å²) in [6.07, 6.45) is 4.65. The maximum atomic E-state index is 12.7. The molecular formula is C18H21ClN6OS2. The van der Waals surface area contributed by atoms with E-state index in [0.717, 1.165) is 4.90 Å². The lowest BCUT2D eigenvalue weighted by atomic mass is 10.2. The number of nitrogens with one attached hydrogen (secondary N) is 1. The molecule has 0 unspecified atom stereocenters. The highest BCUT2D eigenvalue weighted by atomic mass is 35.5. The van der Waals surface area contributed by atoms with Gasteiger partial charge in [-0.3, -0.25) is 4.79 Å². The normalized spacial score (nSPS) is 11.8. The van der Waals surface area contributed by atoms with E-state index in [1.165, 1.54) is 11.0 Å². The number of aromatic nitrogens is 5. The predicted molar refractivity (Wildman–Crippen MR) is 116 cm³/mol. The minimum atomic E-state index is -0.399. The minimum Gasteiger partial charge on any atom is -0.342 e. The minimum absolute atomic E-state index is 0. The van der Waals surface area contributed by atoms with Gasteiger partial charge in [-0.25, -0.2) is 15.0 Å². The third kappa shape index (κ3) is 5.46. The molecule has 0 aliphatic rings. The zero-order valence-corrected chi connectivity index (χ0v) is 18.2. The molecule has 1 atom stereocenters. The standard InChI is InChI=1S/C18H19ClN6OS.H2S/c1-11(2)27-15-8-13(7-14(19)9-15)17(26)24-12(3)16-22-10-23-25(16)18-20-5-4-6-21-18;/h4-12H,1-3H3,(H,24,26);1H2/t12-;/m1./s1. The molecule has 7 nitrogen and oxygen atoms in total. The second-order valence-electron chi connectivity index (χ2n) is 6.12. The van der Waals surface area contributed by atoms with Crippen molar-refractivity contribution in [2.45, 2.75) is 37.0 Å². The monoisotopic (exact) mass is 436 g/mol. The van der Waals surface area contributed by atoms with Crippen LogP contribution in [0.1, 0.15) is 43.0 Å². The Balaban J connectivity index is 0.00000280. The van der Waals surface area contributed by atoms with Crippen molar-refractivity contribution < 1.29 is 4.79 Å². The first-order chi connectivity index (χ1) is 12.9. The largest absolute Gasteiger partial charge is 0.342 e. The second kappa shape index (κ2) is 9.90. The van der Waals surface area contributed by atoms with Crippen LogP contribution in [0, 0.1) is 0 Å². The van der Waals surface area contributed by atoms with Gasteiger partial charge >= 0.3 is 0 Å². The van der Waals surface area contributed by atoms with Crippen LogP contribution in [-0.4, -0.2) is 35.9 Å². The molecule has 0 fully saturated rings. The van der Waals surface area contributed by atoms with Crippen molar-refractivity contribution in [3.8, 4) is 5.95 Å². The van der Waals surface area contributed by atoms with E-state index in [1.54, 1.807) is 36.3 Å². The maximum Gasteiger partial charge on any atom is 0.252 e. The fourth-order valence-corrected chi connectivity index (χ4v) is 3.71. The summed E-state index contributed by atoms with van der Waals surface area (Å²) in [5.74, 6) is 0.692. The summed E-state index contributed by atoms with van der Waals surface area (Å²) in [5.41, 5.74) is 0.500. The summed E-state index contributed by atoms with van der Waals surface area (Å²) in [5, 5.41) is 8.00. The first-order valence-corrected chi connectivity index (χ1v) is 9.65. The van der Waals surface area contributed by atoms with Crippen molar-refractivity contribution in [1.82, 2.24) is 30.0 Å². The SMILES string of the molecule is CC(C)Sc1cc(Cl)cc(C(=O)N[C@H](C)c2ncnn2-c2ncccn2)c1.S. The fraction of sp³-hybridized carbons (Fsp3) is 0.278. The molecule has 148 valence electrons. The van der Waals surface area contributed by atoms with Crippen LogP contribution in [0.4, 0.5) is 0 Å². The molecule has 10 heteroatoms. The van der Waals surface area contributed by atoms with Crippen molar-refractivity contribution >= 4 is 42.8 Å². The Bertz CT molecular complexity index is 935. The van der Waals surface area contributed by atoms with Gasteiger partial charge in [-0.1, -0.05) is 25.4 Å².